The number of nitrogens with zero attached hydrogens (tertiary/aromatic N) is 4. The molecule has 0 radical (unpaired) electrons. The summed E-state index contributed by atoms with van der Waals surface area (Å²) < 4.78 is 44.6. The molecular weight excluding hydrogens is 391 g/mol. The van der Waals surface area contributed by atoms with Crippen LogP contribution >= 0.6 is 0 Å². The fourth-order valence-electron chi connectivity index (χ4n) is 2.61. The molecule has 2 aromatic heterocycles. The van der Waals surface area contributed by atoms with Crippen molar-refractivity contribution in [3.8, 4) is 0 Å². The summed E-state index contributed by atoms with van der Waals surface area (Å²) in [5, 5.41) is 16.2. The minimum absolute atomic E-state index is 0.00705. The largest absolute Gasteiger partial charge is 0.395 e. The van der Waals surface area contributed by atoms with Gasteiger partial charge >= 0.3 is 0 Å². The van der Waals surface area contributed by atoms with Crippen LogP contribution in [0.4, 0.5) is 36.3 Å². The Morgan fingerprint density at radius 2 is 2.00 bits per heavy atom. The number of anilines is 4. The van der Waals surface area contributed by atoms with Crippen LogP contribution in [-0.4, -0.2) is 43.7 Å². The molecule has 29 heavy (non-hydrogen) atoms. The van der Waals surface area contributed by atoms with Gasteiger partial charge < -0.3 is 25.6 Å². The molecule has 0 spiro atoms. The Balaban J connectivity index is 2.07. The van der Waals surface area contributed by atoms with Gasteiger partial charge in [-0.15, -0.1) is 0 Å². The van der Waals surface area contributed by atoms with Gasteiger partial charge in [0.2, 0.25) is 11.9 Å². The van der Waals surface area contributed by atoms with E-state index in [0.717, 1.165) is 6.92 Å². The Bertz CT molecular complexity index is 1070. The molecule has 0 aliphatic carbocycles. The number of halogens is 3. The summed E-state index contributed by atoms with van der Waals surface area (Å²) in [4.78, 5) is 23.7. The lowest BCUT2D eigenvalue weighted by atomic mass is 10.2. The van der Waals surface area contributed by atoms with Crippen LogP contribution in [0.15, 0.2) is 12.4 Å². The Morgan fingerprint density at radius 1 is 1.24 bits per heavy atom. The fourth-order valence-corrected chi connectivity index (χ4v) is 2.61. The van der Waals surface area contributed by atoms with E-state index in [0.29, 0.717) is 18.3 Å². The third-order valence-electron chi connectivity index (χ3n) is 3.91. The first-order valence-electron chi connectivity index (χ1n) is 8.65. The summed E-state index contributed by atoms with van der Waals surface area (Å²) in [6.45, 7) is 3.43. The summed E-state index contributed by atoms with van der Waals surface area (Å²) in [6, 6.07) is 0.704. The van der Waals surface area contributed by atoms with Crippen LogP contribution < -0.4 is 16.0 Å². The number of hydrogen-bond acceptors (Lipinski definition) is 7. The third kappa shape index (κ3) is 4.06. The van der Waals surface area contributed by atoms with E-state index >= 15 is 0 Å². The van der Waals surface area contributed by atoms with Gasteiger partial charge in [-0.1, -0.05) is 0 Å². The van der Waals surface area contributed by atoms with Crippen molar-refractivity contribution in [3.05, 3.63) is 29.8 Å². The van der Waals surface area contributed by atoms with Crippen LogP contribution in [0, 0.1) is 17.5 Å². The Labute approximate surface area is 163 Å². The van der Waals surface area contributed by atoms with Gasteiger partial charge in [-0.05, 0) is 6.92 Å². The van der Waals surface area contributed by atoms with E-state index in [9.17, 15) is 18.0 Å². The first-order chi connectivity index (χ1) is 13.8. The van der Waals surface area contributed by atoms with E-state index in [2.05, 4.69) is 25.6 Å². The summed E-state index contributed by atoms with van der Waals surface area (Å²) in [5.74, 6) is -4.74. The molecule has 0 bridgehead atoms. The number of aliphatic hydroxyl groups is 1. The van der Waals surface area contributed by atoms with Crippen molar-refractivity contribution in [1.29, 1.82) is 0 Å². The van der Waals surface area contributed by atoms with Crippen molar-refractivity contribution in [3.63, 3.8) is 0 Å². The molecule has 3 aromatic rings. The highest BCUT2D eigenvalue weighted by atomic mass is 19.2. The second-order valence-corrected chi connectivity index (χ2v) is 5.96. The van der Waals surface area contributed by atoms with E-state index in [1.165, 1.54) is 6.33 Å². The number of aromatic nitrogens is 4. The number of carbonyl (C=O) groups excluding carboxylic acids is 1. The van der Waals surface area contributed by atoms with Gasteiger partial charge in [-0.3, -0.25) is 4.79 Å². The normalized spacial score (nSPS) is 11.0. The predicted molar refractivity (Wildman–Crippen MR) is 100 cm³/mol. The second kappa shape index (κ2) is 8.31. The zero-order valence-corrected chi connectivity index (χ0v) is 15.6. The first kappa shape index (κ1) is 20.3. The molecule has 4 N–H and O–H groups in total. The molecule has 0 aliphatic heterocycles. The van der Waals surface area contributed by atoms with Gasteiger partial charge in [0.15, 0.2) is 34.4 Å². The lowest BCUT2D eigenvalue weighted by molar-refractivity contribution is -0.114. The number of aliphatic hydroxyl groups excluding tert-OH is 1. The van der Waals surface area contributed by atoms with Crippen LogP contribution in [0.25, 0.3) is 11.2 Å². The summed E-state index contributed by atoms with van der Waals surface area (Å²) in [5.41, 5.74) is -0.753. The molecule has 0 saturated heterocycles. The number of imidazole rings is 1. The highest BCUT2D eigenvalue weighted by molar-refractivity contribution is 5.90. The summed E-state index contributed by atoms with van der Waals surface area (Å²) in [6.07, 6.45) is 1.50. The molecule has 0 atom stereocenters. The lowest BCUT2D eigenvalue weighted by Crippen LogP contribution is -2.13. The molecule has 3 rings (SSSR count). The molecule has 12 heteroatoms. The van der Waals surface area contributed by atoms with E-state index in [4.69, 9.17) is 5.11 Å². The highest BCUT2D eigenvalue weighted by Crippen LogP contribution is 2.31. The van der Waals surface area contributed by atoms with E-state index in [1.54, 1.807) is 4.57 Å². The maximum atomic E-state index is 14.5. The maximum Gasteiger partial charge on any atom is 0.226 e. The fraction of sp³-hybridized carbons (Fsp3) is 0.294. The average molecular weight is 409 g/mol. The minimum atomic E-state index is -1.55. The first-order valence-corrected chi connectivity index (χ1v) is 8.65. The van der Waals surface area contributed by atoms with Crippen LogP contribution in [0.5, 0.6) is 0 Å². The number of carbonyl (C=O) groups is 1. The lowest BCUT2D eigenvalue weighted by Gasteiger charge is -2.13. The number of aryl methyl sites for hydroxylation is 1. The molecule has 1 aromatic carbocycles. The predicted octanol–water partition coefficient (Wildman–Crippen LogP) is 2.37. The van der Waals surface area contributed by atoms with E-state index in [-0.39, 0.29) is 30.4 Å². The van der Waals surface area contributed by atoms with Crippen LogP contribution in [-0.2, 0) is 11.3 Å². The number of benzene rings is 1. The average Bonchev–Trinajstić information content (AvgIpc) is 3.10. The number of hydrogen-bond donors (Lipinski definition) is 4. The van der Waals surface area contributed by atoms with Gasteiger partial charge in [0.25, 0.3) is 0 Å². The van der Waals surface area contributed by atoms with E-state index < -0.39 is 34.7 Å². The molecule has 0 unspecified atom stereocenters. The zero-order chi connectivity index (χ0) is 21.1. The molecular formula is C17H18F3N7O2. The van der Waals surface area contributed by atoms with Gasteiger partial charge in [0, 0.05) is 26.1 Å². The molecule has 154 valence electrons. The minimum Gasteiger partial charge on any atom is -0.395 e. The molecule has 0 aliphatic rings. The number of rotatable bonds is 7. The standard InChI is InChI=1S/C17H18F3N7O2/c1-3-27-7-22-14-15(25-17(21-4-5-28)26-16(14)27)24-10-6-9(18)13(23-8(2)29)12(20)11(10)19/h6-7,28H,3-5H2,1-2H3,(H,23,29)(H2,21,24,25,26). The van der Waals surface area contributed by atoms with Crippen molar-refractivity contribution in [1.82, 2.24) is 19.5 Å². The molecule has 1 amide bonds. The van der Waals surface area contributed by atoms with Crippen molar-refractivity contribution in [2.45, 2.75) is 20.4 Å². The van der Waals surface area contributed by atoms with Gasteiger partial charge in [0.1, 0.15) is 5.69 Å². The molecule has 9 nitrogen and oxygen atoms in total. The Hall–Kier alpha value is -3.41. The summed E-state index contributed by atoms with van der Waals surface area (Å²) in [7, 11) is 0. The Morgan fingerprint density at radius 3 is 2.66 bits per heavy atom. The van der Waals surface area contributed by atoms with Crippen molar-refractivity contribution < 1.29 is 23.1 Å². The Kier molecular flexibility index (Phi) is 5.82. The van der Waals surface area contributed by atoms with Crippen LogP contribution in [0.2, 0.25) is 0 Å². The summed E-state index contributed by atoms with van der Waals surface area (Å²) >= 11 is 0. The third-order valence-corrected chi connectivity index (χ3v) is 3.91. The molecule has 0 fully saturated rings. The van der Waals surface area contributed by atoms with Gasteiger partial charge in [-0.25, -0.2) is 18.2 Å². The topological polar surface area (TPSA) is 117 Å². The number of amides is 1. The molecule has 0 saturated carbocycles. The second-order valence-electron chi connectivity index (χ2n) is 5.96. The highest BCUT2D eigenvalue weighted by Gasteiger charge is 2.22. The molecule has 2 heterocycles. The van der Waals surface area contributed by atoms with Crippen molar-refractivity contribution >= 4 is 40.2 Å². The smallest absolute Gasteiger partial charge is 0.226 e. The zero-order valence-electron chi connectivity index (χ0n) is 15.6. The number of nitrogens with one attached hydrogen (secondary N) is 3. The van der Waals surface area contributed by atoms with Gasteiger partial charge in [-0.2, -0.15) is 9.97 Å². The number of fused-ring (bicyclic) bond motifs is 1. The van der Waals surface area contributed by atoms with Crippen LogP contribution in [0.3, 0.4) is 0 Å². The quantitative estimate of drug-likeness (QED) is 0.443. The monoisotopic (exact) mass is 409 g/mol. The van der Waals surface area contributed by atoms with Crippen molar-refractivity contribution in [2.75, 3.05) is 29.1 Å². The van der Waals surface area contributed by atoms with Crippen LogP contribution in [0.1, 0.15) is 13.8 Å². The maximum absolute atomic E-state index is 14.5. The SMILES string of the molecule is CCn1cnc2c(Nc3cc(F)c(NC(C)=O)c(F)c3F)nc(NCCO)nc21. The van der Waals surface area contributed by atoms with E-state index in [1.807, 2.05) is 12.2 Å². The van der Waals surface area contributed by atoms with Gasteiger partial charge in [0.05, 0.1) is 18.6 Å². The van der Waals surface area contributed by atoms with Crippen molar-refractivity contribution in [2.24, 2.45) is 0 Å².